The Labute approximate surface area is 150 Å². The molecule has 3 rings (SSSR count). The van der Waals surface area contributed by atoms with Gasteiger partial charge in [0.2, 0.25) is 0 Å². The highest BCUT2D eigenvalue weighted by Gasteiger charge is 2.21. The van der Waals surface area contributed by atoms with E-state index in [9.17, 15) is 4.79 Å². The number of carbonyl (C=O) groups excluding carboxylic acids is 1. The molecule has 0 aliphatic rings. The number of rotatable bonds is 4. The van der Waals surface area contributed by atoms with Gasteiger partial charge in [-0.25, -0.2) is 4.98 Å². The van der Waals surface area contributed by atoms with E-state index in [-0.39, 0.29) is 11.9 Å². The van der Waals surface area contributed by atoms with Crippen LogP contribution in [0.1, 0.15) is 29.0 Å². The zero-order valence-electron chi connectivity index (χ0n) is 13.4. The van der Waals surface area contributed by atoms with Gasteiger partial charge in [-0.05, 0) is 24.6 Å². The number of nitrogens with zero attached hydrogens (tertiary/aromatic N) is 2. The summed E-state index contributed by atoms with van der Waals surface area (Å²) in [5, 5.41) is 3.30. The second-order valence-electron chi connectivity index (χ2n) is 5.55. The van der Waals surface area contributed by atoms with Crippen LogP contribution in [0, 0.1) is 0 Å². The fourth-order valence-corrected chi connectivity index (χ4v) is 3.33. The van der Waals surface area contributed by atoms with Crippen molar-refractivity contribution in [2.75, 3.05) is 7.05 Å². The highest BCUT2D eigenvalue weighted by atomic mass is 35.5. The molecule has 0 saturated heterocycles. The molecule has 3 aromatic rings. The molecule has 1 heterocycles. The number of carbonyl (C=O) groups is 1. The first-order valence-electron chi connectivity index (χ1n) is 7.60. The van der Waals surface area contributed by atoms with E-state index >= 15 is 0 Å². The van der Waals surface area contributed by atoms with Crippen molar-refractivity contribution in [3.63, 3.8) is 0 Å². The van der Waals surface area contributed by atoms with Crippen LogP contribution in [0.5, 0.6) is 0 Å². The Kier molecular flexibility index (Phi) is 4.97. The quantitative estimate of drug-likeness (QED) is 0.635. The van der Waals surface area contributed by atoms with Crippen molar-refractivity contribution in [3.05, 3.63) is 76.3 Å². The van der Waals surface area contributed by atoms with Crippen LogP contribution in [0.3, 0.4) is 0 Å². The Morgan fingerprint density at radius 1 is 1.12 bits per heavy atom. The van der Waals surface area contributed by atoms with Gasteiger partial charge in [0.25, 0.3) is 5.91 Å². The van der Waals surface area contributed by atoms with Gasteiger partial charge in [-0.3, -0.25) is 4.79 Å². The summed E-state index contributed by atoms with van der Waals surface area (Å²) in [4.78, 5) is 18.9. The summed E-state index contributed by atoms with van der Waals surface area (Å²) in [6.45, 7) is 2.01. The van der Waals surface area contributed by atoms with Crippen LogP contribution in [0.15, 0.2) is 60.0 Å². The van der Waals surface area contributed by atoms with Crippen LogP contribution in [-0.2, 0) is 0 Å². The van der Waals surface area contributed by atoms with Crippen LogP contribution in [0.25, 0.3) is 10.6 Å². The van der Waals surface area contributed by atoms with Crippen LogP contribution in [-0.4, -0.2) is 22.8 Å². The highest BCUT2D eigenvalue weighted by molar-refractivity contribution is 7.13. The fourth-order valence-electron chi connectivity index (χ4n) is 2.41. The second kappa shape index (κ2) is 7.16. The first kappa shape index (κ1) is 16.7. The maximum atomic E-state index is 12.7. The number of benzene rings is 2. The Hall–Kier alpha value is -2.17. The Bertz CT molecular complexity index is 830. The maximum Gasteiger partial charge on any atom is 0.273 e. The maximum absolute atomic E-state index is 12.7. The SMILES string of the molecule is C[C@H](c1ccccc1)N(C)C(=O)c1csc(-c2ccc(Cl)cc2)n1. The zero-order chi connectivity index (χ0) is 17.1. The first-order valence-corrected chi connectivity index (χ1v) is 8.85. The summed E-state index contributed by atoms with van der Waals surface area (Å²) in [6, 6.07) is 17.4. The summed E-state index contributed by atoms with van der Waals surface area (Å²) in [5.41, 5.74) is 2.53. The van der Waals surface area contributed by atoms with E-state index in [2.05, 4.69) is 4.98 Å². The monoisotopic (exact) mass is 356 g/mol. The summed E-state index contributed by atoms with van der Waals surface area (Å²) in [7, 11) is 1.81. The van der Waals surface area contributed by atoms with Crippen molar-refractivity contribution in [2.24, 2.45) is 0 Å². The predicted molar refractivity (Wildman–Crippen MR) is 99.5 cm³/mol. The highest BCUT2D eigenvalue weighted by Crippen LogP contribution is 2.27. The molecule has 3 nitrogen and oxygen atoms in total. The average molecular weight is 357 g/mol. The van der Waals surface area contributed by atoms with Crippen LogP contribution < -0.4 is 0 Å². The van der Waals surface area contributed by atoms with Crippen molar-refractivity contribution >= 4 is 28.8 Å². The summed E-state index contributed by atoms with van der Waals surface area (Å²) in [5.74, 6) is -0.0807. The van der Waals surface area contributed by atoms with Gasteiger partial charge in [-0.2, -0.15) is 0 Å². The Morgan fingerprint density at radius 3 is 2.46 bits per heavy atom. The number of thiazole rings is 1. The molecule has 0 radical (unpaired) electrons. The zero-order valence-corrected chi connectivity index (χ0v) is 15.0. The third-order valence-corrected chi connectivity index (χ3v) is 5.14. The van der Waals surface area contributed by atoms with Crippen molar-refractivity contribution in [2.45, 2.75) is 13.0 Å². The van der Waals surface area contributed by atoms with E-state index in [1.54, 1.807) is 17.3 Å². The minimum absolute atomic E-state index is 0.0145. The molecule has 1 amide bonds. The van der Waals surface area contributed by atoms with Crippen LogP contribution >= 0.6 is 22.9 Å². The fraction of sp³-hybridized carbons (Fsp3) is 0.158. The summed E-state index contributed by atoms with van der Waals surface area (Å²) >= 11 is 7.37. The largest absolute Gasteiger partial charge is 0.334 e. The molecule has 0 aliphatic carbocycles. The summed E-state index contributed by atoms with van der Waals surface area (Å²) in [6.07, 6.45) is 0. The Balaban J connectivity index is 1.79. The molecule has 0 fully saturated rings. The molecule has 0 unspecified atom stereocenters. The lowest BCUT2D eigenvalue weighted by Gasteiger charge is -2.24. The van der Waals surface area contributed by atoms with Gasteiger partial charge < -0.3 is 4.90 Å². The number of aromatic nitrogens is 1. The molecule has 2 aromatic carbocycles. The van der Waals surface area contributed by atoms with E-state index in [1.807, 2.05) is 61.5 Å². The normalized spacial score (nSPS) is 12.0. The van der Waals surface area contributed by atoms with Gasteiger partial charge in [0, 0.05) is 23.0 Å². The molecule has 1 aromatic heterocycles. The molecule has 5 heteroatoms. The van der Waals surface area contributed by atoms with Gasteiger partial charge in [-0.15, -0.1) is 11.3 Å². The van der Waals surface area contributed by atoms with Crippen LogP contribution in [0.4, 0.5) is 0 Å². The molecule has 0 bridgehead atoms. The second-order valence-corrected chi connectivity index (χ2v) is 6.84. The van der Waals surface area contributed by atoms with Crippen LogP contribution in [0.2, 0.25) is 5.02 Å². The molecule has 122 valence electrons. The molecule has 0 spiro atoms. The number of halogens is 1. The Morgan fingerprint density at radius 2 is 1.79 bits per heavy atom. The molecular weight excluding hydrogens is 340 g/mol. The third kappa shape index (κ3) is 3.50. The molecular formula is C19H17ClN2OS. The van der Waals surface area contributed by atoms with Crippen molar-refractivity contribution in [1.82, 2.24) is 9.88 Å². The van der Waals surface area contributed by atoms with Gasteiger partial charge in [0.15, 0.2) is 0 Å². The lowest BCUT2D eigenvalue weighted by atomic mass is 10.1. The third-order valence-electron chi connectivity index (χ3n) is 4.00. The molecule has 1 atom stereocenters. The van der Waals surface area contributed by atoms with E-state index in [1.165, 1.54) is 11.3 Å². The molecule has 0 aliphatic heterocycles. The standard InChI is InChI=1S/C19H17ClN2OS/c1-13(14-6-4-3-5-7-14)22(2)19(23)17-12-24-18(21-17)15-8-10-16(20)11-9-15/h3-13H,1-2H3/t13-/m1/s1. The molecule has 24 heavy (non-hydrogen) atoms. The van der Waals surface area contributed by atoms with E-state index < -0.39 is 0 Å². The van der Waals surface area contributed by atoms with Gasteiger partial charge >= 0.3 is 0 Å². The van der Waals surface area contributed by atoms with E-state index in [4.69, 9.17) is 11.6 Å². The number of hydrogen-bond acceptors (Lipinski definition) is 3. The lowest BCUT2D eigenvalue weighted by Crippen LogP contribution is -2.29. The average Bonchev–Trinajstić information content (AvgIpc) is 3.11. The minimum atomic E-state index is -0.0807. The smallest absolute Gasteiger partial charge is 0.273 e. The summed E-state index contributed by atoms with van der Waals surface area (Å²) < 4.78 is 0. The van der Waals surface area contributed by atoms with Crippen molar-refractivity contribution < 1.29 is 4.79 Å². The van der Waals surface area contributed by atoms with Crippen molar-refractivity contribution in [1.29, 1.82) is 0 Å². The predicted octanol–water partition coefficient (Wildman–Crippen LogP) is 5.30. The van der Waals surface area contributed by atoms with Gasteiger partial charge in [0.05, 0.1) is 6.04 Å². The molecule has 0 saturated carbocycles. The first-order chi connectivity index (χ1) is 11.6. The van der Waals surface area contributed by atoms with Gasteiger partial charge in [-0.1, -0.05) is 54.1 Å². The topological polar surface area (TPSA) is 33.2 Å². The van der Waals surface area contributed by atoms with E-state index in [0.29, 0.717) is 10.7 Å². The van der Waals surface area contributed by atoms with E-state index in [0.717, 1.165) is 16.1 Å². The van der Waals surface area contributed by atoms with Gasteiger partial charge in [0.1, 0.15) is 10.7 Å². The number of hydrogen-bond donors (Lipinski definition) is 0. The number of amides is 1. The van der Waals surface area contributed by atoms with Crippen molar-refractivity contribution in [3.8, 4) is 10.6 Å². The minimum Gasteiger partial charge on any atom is -0.334 e. The lowest BCUT2D eigenvalue weighted by molar-refractivity contribution is 0.0737. The molecule has 0 N–H and O–H groups in total.